The number of benzene rings is 3. The van der Waals surface area contributed by atoms with E-state index in [2.05, 4.69) is 12.1 Å². The van der Waals surface area contributed by atoms with E-state index < -0.39 is 16.1 Å². The zero-order chi connectivity index (χ0) is 20.8. The van der Waals surface area contributed by atoms with Gasteiger partial charge in [-0.25, -0.2) is 8.42 Å². The van der Waals surface area contributed by atoms with Crippen molar-refractivity contribution in [2.24, 2.45) is 0 Å². The number of anilines is 1. The van der Waals surface area contributed by atoms with Crippen LogP contribution in [-0.2, 0) is 10.0 Å². The summed E-state index contributed by atoms with van der Waals surface area (Å²) >= 11 is 0. The Bertz CT molecular complexity index is 1240. The minimum Gasteiger partial charge on any atom is -0.257 e. The van der Waals surface area contributed by atoms with Crippen LogP contribution >= 0.6 is 0 Å². The van der Waals surface area contributed by atoms with E-state index in [1.54, 1.807) is 24.3 Å². The molecule has 1 atom stereocenters. The normalized spacial score (nSPS) is 15.4. The quantitative estimate of drug-likeness (QED) is 0.586. The molecule has 3 aromatic rings. The lowest BCUT2D eigenvalue weighted by molar-refractivity contribution is 0.577. The van der Waals surface area contributed by atoms with Gasteiger partial charge in [0.15, 0.2) is 0 Å². The predicted octanol–water partition coefficient (Wildman–Crippen LogP) is 5.44. The van der Waals surface area contributed by atoms with Crippen molar-refractivity contribution < 1.29 is 8.42 Å². The summed E-state index contributed by atoms with van der Waals surface area (Å²) in [6, 6.07) is 20.1. The highest BCUT2D eigenvalue weighted by Gasteiger charge is 2.40. The molecular weight excluding hydrogens is 380 g/mol. The van der Waals surface area contributed by atoms with Crippen molar-refractivity contribution in [2.75, 3.05) is 4.31 Å². The van der Waals surface area contributed by atoms with E-state index >= 15 is 0 Å². The molecular formula is C24H22N2O2S. The summed E-state index contributed by atoms with van der Waals surface area (Å²) in [5.74, 6) is 0. The van der Waals surface area contributed by atoms with Crippen molar-refractivity contribution in [1.82, 2.24) is 0 Å². The molecule has 0 amide bonds. The van der Waals surface area contributed by atoms with Crippen LogP contribution in [-0.4, -0.2) is 8.42 Å². The van der Waals surface area contributed by atoms with Crippen LogP contribution in [0.1, 0.15) is 34.7 Å². The average Bonchev–Trinajstić information content (AvgIpc) is 2.70. The van der Waals surface area contributed by atoms with E-state index in [1.165, 1.54) is 4.31 Å². The number of para-hydroxylation sites is 1. The van der Waals surface area contributed by atoms with E-state index in [0.29, 0.717) is 5.69 Å². The summed E-state index contributed by atoms with van der Waals surface area (Å²) in [5, 5.41) is 9.57. The molecule has 0 N–H and O–H groups in total. The summed E-state index contributed by atoms with van der Waals surface area (Å²) in [4.78, 5) is 0.231. The van der Waals surface area contributed by atoms with Crippen molar-refractivity contribution in [3.8, 4) is 17.2 Å². The van der Waals surface area contributed by atoms with Crippen LogP contribution in [0.3, 0.4) is 0 Å². The standard InChI is InChI=1S/C24H22N2O2S/c1-16-8-12-19(13-9-16)29(27,28)26-21-7-5-4-6-20(21)23-17(2)10-11-18(3)24(23)22(26)14-15-25/h4-13,22H,14H2,1-3H3. The van der Waals surface area contributed by atoms with Crippen LogP contribution in [0.25, 0.3) is 11.1 Å². The molecule has 1 unspecified atom stereocenters. The van der Waals surface area contributed by atoms with Gasteiger partial charge in [-0.05, 0) is 61.2 Å². The van der Waals surface area contributed by atoms with Crippen LogP contribution in [0.2, 0.25) is 0 Å². The highest BCUT2D eigenvalue weighted by Crippen LogP contribution is 2.50. The van der Waals surface area contributed by atoms with Crippen molar-refractivity contribution in [2.45, 2.75) is 38.1 Å². The molecule has 1 aliphatic rings. The number of aryl methyl sites for hydroxylation is 3. The lowest BCUT2D eigenvalue weighted by Gasteiger charge is -2.39. The van der Waals surface area contributed by atoms with Gasteiger partial charge in [-0.2, -0.15) is 5.26 Å². The Morgan fingerprint density at radius 2 is 1.59 bits per heavy atom. The first kappa shape index (κ1) is 19.2. The molecule has 0 aliphatic carbocycles. The largest absolute Gasteiger partial charge is 0.264 e. The van der Waals surface area contributed by atoms with E-state index in [1.807, 2.05) is 51.1 Å². The van der Waals surface area contributed by atoms with E-state index in [9.17, 15) is 13.7 Å². The zero-order valence-corrected chi connectivity index (χ0v) is 17.5. The molecule has 29 heavy (non-hydrogen) atoms. The first-order valence-electron chi connectivity index (χ1n) is 9.54. The Balaban J connectivity index is 2.05. The number of fused-ring (bicyclic) bond motifs is 3. The second-order valence-corrected chi connectivity index (χ2v) is 9.31. The molecule has 0 bridgehead atoms. The molecule has 3 aromatic carbocycles. The third-order valence-corrected chi connectivity index (χ3v) is 7.40. The van der Waals surface area contributed by atoms with Crippen molar-refractivity contribution >= 4 is 15.7 Å². The fraction of sp³-hybridized carbons (Fsp3) is 0.208. The van der Waals surface area contributed by atoms with Gasteiger partial charge in [-0.3, -0.25) is 4.31 Å². The minimum atomic E-state index is -3.85. The van der Waals surface area contributed by atoms with Gasteiger partial charge in [-0.1, -0.05) is 48.0 Å². The second-order valence-electron chi connectivity index (χ2n) is 7.50. The SMILES string of the molecule is Cc1ccc(S(=O)(=O)N2c3ccccc3-c3c(C)ccc(C)c3C2CC#N)cc1. The molecule has 0 fully saturated rings. The fourth-order valence-electron chi connectivity index (χ4n) is 4.17. The minimum absolute atomic E-state index is 0.0801. The average molecular weight is 403 g/mol. The smallest absolute Gasteiger partial charge is 0.257 e. The Kier molecular flexibility index (Phi) is 4.68. The summed E-state index contributed by atoms with van der Waals surface area (Å²) < 4.78 is 29.0. The van der Waals surface area contributed by atoms with Crippen molar-refractivity contribution in [3.05, 3.63) is 82.9 Å². The number of rotatable bonds is 3. The summed E-state index contributed by atoms with van der Waals surface area (Å²) in [5.41, 5.74) is 6.52. The van der Waals surface area contributed by atoms with Gasteiger partial charge in [0.1, 0.15) is 0 Å². The van der Waals surface area contributed by atoms with Gasteiger partial charge in [0.05, 0.1) is 29.1 Å². The lowest BCUT2D eigenvalue weighted by Crippen LogP contribution is -2.38. The molecule has 0 aromatic heterocycles. The first-order chi connectivity index (χ1) is 13.9. The van der Waals surface area contributed by atoms with Crippen LogP contribution in [0.5, 0.6) is 0 Å². The number of hydrogen-bond donors (Lipinski definition) is 0. The maximum atomic E-state index is 13.8. The van der Waals surface area contributed by atoms with Crippen molar-refractivity contribution in [1.29, 1.82) is 5.26 Å². The third-order valence-electron chi connectivity index (χ3n) is 5.56. The molecule has 1 aliphatic heterocycles. The van der Waals surface area contributed by atoms with Crippen LogP contribution < -0.4 is 4.31 Å². The molecule has 5 heteroatoms. The molecule has 0 spiro atoms. The number of nitrogens with zero attached hydrogens (tertiary/aromatic N) is 2. The highest BCUT2D eigenvalue weighted by molar-refractivity contribution is 7.92. The van der Waals surface area contributed by atoms with Crippen LogP contribution in [0.4, 0.5) is 5.69 Å². The topological polar surface area (TPSA) is 61.2 Å². The summed E-state index contributed by atoms with van der Waals surface area (Å²) in [6.45, 7) is 5.93. The molecule has 4 rings (SSSR count). The van der Waals surface area contributed by atoms with Crippen LogP contribution in [0.15, 0.2) is 65.6 Å². The molecule has 4 nitrogen and oxygen atoms in total. The molecule has 0 radical (unpaired) electrons. The fourth-order valence-corrected chi connectivity index (χ4v) is 5.81. The van der Waals surface area contributed by atoms with Gasteiger partial charge >= 0.3 is 0 Å². The Labute approximate surface area is 172 Å². The highest BCUT2D eigenvalue weighted by atomic mass is 32.2. The van der Waals surface area contributed by atoms with Gasteiger partial charge < -0.3 is 0 Å². The summed E-state index contributed by atoms with van der Waals surface area (Å²) in [7, 11) is -3.85. The molecule has 146 valence electrons. The number of hydrogen-bond acceptors (Lipinski definition) is 3. The maximum Gasteiger partial charge on any atom is 0.264 e. The number of sulfonamides is 1. The monoisotopic (exact) mass is 402 g/mol. The van der Waals surface area contributed by atoms with E-state index in [4.69, 9.17) is 0 Å². The van der Waals surface area contributed by atoms with Crippen molar-refractivity contribution in [3.63, 3.8) is 0 Å². The van der Waals surface area contributed by atoms with Gasteiger partial charge in [-0.15, -0.1) is 0 Å². The molecule has 1 heterocycles. The van der Waals surface area contributed by atoms with E-state index in [-0.39, 0.29) is 11.3 Å². The van der Waals surface area contributed by atoms with Gasteiger partial charge in [0.25, 0.3) is 10.0 Å². The Hall–Kier alpha value is -3.10. The zero-order valence-electron chi connectivity index (χ0n) is 16.7. The maximum absolute atomic E-state index is 13.8. The predicted molar refractivity (Wildman–Crippen MR) is 115 cm³/mol. The Morgan fingerprint density at radius 3 is 2.28 bits per heavy atom. The van der Waals surface area contributed by atoms with Gasteiger partial charge in [0, 0.05) is 5.56 Å². The molecule has 0 saturated carbocycles. The third kappa shape index (κ3) is 3.01. The second kappa shape index (κ2) is 7.06. The Morgan fingerprint density at radius 1 is 0.931 bits per heavy atom. The number of nitriles is 1. The molecule has 0 saturated heterocycles. The summed E-state index contributed by atoms with van der Waals surface area (Å²) in [6.07, 6.45) is 0.0801. The lowest BCUT2D eigenvalue weighted by atomic mass is 9.83. The first-order valence-corrected chi connectivity index (χ1v) is 11.0. The van der Waals surface area contributed by atoms with Gasteiger partial charge in [0.2, 0.25) is 0 Å². The van der Waals surface area contributed by atoms with Crippen LogP contribution in [0, 0.1) is 32.1 Å². The van der Waals surface area contributed by atoms with E-state index in [0.717, 1.165) is 33.4 Å².